The summed E-state index contributed by atoms with van der Waals surface area (Å²) in [4.78, 5) is 17.0. The van der Waals surface area contributed by atoms with Crippen molar-refractivity contribution in [3.05, 3.63) is 93.7 Å². The molecule has 10 heteroatoms. The Morgan fingerprint density at radius 3 is 2.58 bits per heavy atom. The quantitative estimate of drug-likeness (QED) is 0.104. The predicted octanol–water partition coefficient (Wildman–Crippen LogP) is 8.16. The van der Waals surface area contributed by atoms with Gasteiger partial charge in [0.25, 0.3) is 0 Å². The molecule has 3 N–H and O–H groups in total. The van der Waals surface area contributed by atoms with Crippen LogP contribution in [0.2, 0.25) is 10.0 Å². The summed E-state index contributed by atoms with van der Waals surface area (Å²) in [5.41, 5.74) is 4.72. The van der Waals surface area contributed by atoms with Crippen LogP contribution >= 0.6 is 35.4 Å². The molecule has 0 aliphatic rings. The molecule has 0 radical (unpaired) electrons. The Morgan fingerprint density at radius 1 is 1.05 bits per heavy atom. The number of nitrogens with zero attached hydrogens (tertiary/aromatic N) is 1. The normalized spacial score (nSPS) is 11.3. The first-order valence-corrected chi connectivity index (χ1v) is 13.4. The SMILES string of the molecule is CCc1ccc2oc(-c3cc(NC(=S)NC(=O)/C=C/c4ccc(-c5cc(Cl)cc(Cl)c5)o4)cc(C)c3O)nc2c1. The lowest BCUT2D eigenvalue weighted by Gasteiger charge is -2.12. The number of aromatic nitrogens is 1. The Hall–Kier alpha value is -4.11. The number of nitrogens with one attached hydrogen (secondary N) is 2. The van der Waals surface area contributed by atoms with E-state index in [1.807, 2.05) is 18.2 Å². The zero-order chi connectivity index (χ0) is 28.4. The summed E-state index contributed by atoms with van der Waals surface area (Å²) in [6, 6.07) is 17.8. The molecule has 3 aromatic carbocycles. The molecule has 40 heavy (non-hydrogen) atoms. The number of phenolic OH excluding ortho intramolecular Hbond substituents is 1. The van der Waals surface area contributed by atoms with E-state index in [4.69, 9.17) is 44.3 Å². The number of anilines is 1. The van der Waals surface area contributed by atoms with Crippen molar-refractivity contribution in [3.8, 4) is 28.5 Å². The summed E-state index contributed by atoms with van der Waals surface area (Å²) in [6.07, 6.45) is 3.70. The maximum Gasteiger partial charge on any atom is 0.250 e. The van der Waals surface area contributed by atoms with Crippen molar-refractivity contribution < 1.29 is 18.7 Å². The van der Waals surface area contributed by atoms with E-state index in [9.17, 15) is 9.90 Å². The number of rotatable bonds is 6. The molecular formula is C30H23Cl2N3O4S. The van der Waals surface area contributed by atoms with Crippen LogP contribution in [0.25, 0.3) is 40.0 Å². The zero-order valence-electron chi connectivity index (χ0n) is 21.4. The maximum atomic E-state index is 12.5. The number of halogens is 2. The van der Waals surface area contributed by atoms with Crippen molar-refractivity contribution in [2.45, 2.75) is 20.3 Å². The molecule has 202 valence electrons. The highest BCUT2D eigenvalue weighted by atomic mass is 35.5. The van der Waals surface area contributed by atoms with Crippen LogP contribution in [0, 0.1) is 6.92 Å². The number of amides is 1. The van der Waals surface area contributed by atoms with Crippen LogP contribution in [0.5, 0.6) is 5.75 Å². The summed E-state index contributed by atoms with van der Waals surface area (Å²) in [5, 5.41) is 17.3. The maximum absolute atomic E-state index is 12.5. The molecule has 2 heterocycles. The molecule has 7 nitrogen and oxygen atoms in total. The number of oxazole rings is 1. The van der Waals surface area contributed by atoms with Crippen molar-refractivity contribution in [2.24, 2.45) is 0 Å². The highest BCUT2D eigenvalue weighted by Gasteiger charge is 2.16. The summed E-state index contributed by atoms with van der Waals surface area (Å²) >= 11 is 17.5. The molecule has 1 amide bonds. The van der Waals surface area contributed by atoms with Crippen LogP contribution in [-0.4, -0.2) is 21.1 Å². The van der Waals surface area contributed by atoms with Gasteiger partial charge in [0.2, 0.25) is 11.8 Å². The van der Waals surface area contributed by atoms with Crippen molar-refractivity contribution in [3.63, 3.8) is 0 Å². The van der Waals surface area contributed by atoms with Crippen LogP contribution in [0.15, 0.2) is 75.6 Å². The topological polar surface area (TPSA) is 101 Å². The fraction of sp³-hybridized carbons (Fsp3) is 0.100. The van der Waals surface area contributed by atoms with E-state index in [-0.39, 0.29) is 16.8 Å². The smallest absolute Gasteiger partial charge is 0.250 e. The second-order valence-electron chi connectivity index (χ2n) is 9.00. The van der Waals surface area contributed by atoms with Gasteiger partial charge < -0.3 is 19.3 Å². The molecule has 0 atom stereocenters. The van der Waals surface area contributed by atoms with Crippen LogP contribution in [0.3, 0.4) is 0 Å². The van der Waals surface area contributed by atoms with Gasteiger partial charge in [-0.2, -0.15) is 0 Å². The Bertz CT molecular complexity index is 1770. The molecule has 0 saturated carbocycles. The standard InChI is InChI=1S/C30H23Cl2N3O4S/c1-3-17-4-7-26-24(11-17)34-29(39-26)23-15-21(10-16(2)28(23)37)33-30(40)35-27(36)9-6-22-5-8-25(38-22)18-12-19(31)14-20(32)13-18/h4-15,37H,3H2,1-2H3,(H2,33,35,36,40)/b9-6+. The van der Waals surface area contributed by atoms with Crippen molar-refractivity contribution in [2.75, 3.05) is 5.32 Å². The van der Waals surface area contributed by atoms with Crippen LogP contribution in [0.4, 0.5) is 5.69 Å². The van der Waals surface area contributed by atoms with Crippen molar-refractivity contribution in [1.82, 2.24) is 10.3 Å². The number of aromatic hydroxyl groups is 1. The fourth-order valence-corrected chi connectivity index (χ4v) is 4.83. The lowest BCUT2D eigenvalue weighted by molar-refractivity contribution is -0.115. The first-order chi connectivity index (χ1) is 19.2. The van der Waals surface area contributed by atoms with Crippen LogP contribution in [0.1, 0.15) is 23.8 Å². The molecule has 0 spiro atoms. The molecule has 2 aromatic heterocycles. The third-order valence-electron chi connectivity index (χ3n) is 6.06. The number of carbonyl (C=O) groups excluding carboxylic acids is 1. The van der Waals surface area contributed by atoms with Crippen molar-refractivity contribution >= 4 is 69.3 Å². The van der Waals surface area contributed by atoms with E-state index in [2.05, 4.69) is 22.5 Å². The van der Waals surface area contributed by atoms with Gasteiger partial charge in [-0.25, -0.2) is 4.98 Å². The number of fused-ring (bicyclic) bond motifs is 1. The van der Waals surface area contributed by atoms with E-state index in [1.54, 1.807) is 49.4 Å². The molecule has 0 aliphatic carbocycles. The summed E-state index contributed by atoms with van der Waals surface area (Å²) in [5.74, 6) is 0.891. The molecule has 0 fully saturated rings. The Labute approximate surface area is 245 Å². The van der Waals surface area contributed by atoms with Gasteiger partial charge in [0, 0.05) is 27.4 Å². The minimum atomic E-state index is -0.456. The minimum Gasteiger partial charge on any atom is -0.507 e. The van der Waals surface area contributed by atoms with Crippen LogP contribution < -0.4 is 10.6 Å². The Balaban J connectivity index is 1.26. The number of hydrogen-bond donors (Lipinski definition) is 3. The summed E-state index contributed by atoms with van der Waals surface area (Å²) in [7, 11) is 0. The summed E-state index contributed by atoms with van der Waals surface area (Å²) < 4.78 is 11.7. The van der Waals surface area contributed by atoms with Gasteiger partial charge in [-0.3, -0.25) is 10.1 Å². The highest BCUT2D eigenvalue weighted by molar-refractivity contribution is 7.80. The number of aryl methyl sites for hydroxylation is 2. The van der Waals surface area contributed by atoms with E-state index in [0.29, 0.717) is 49.5 Å². The highest BCUT2D eigenvalue weighted by Crippen LogP contribution is 2.36. The third kappa shape index (κ3) is 6.20. The lowest BCUT2D eigenvalue weighted by Crippen LogP contribution is -2.32. The number of thiocarbonyl (C=S) groups is 1. The second-order valence-corrected chi connectivity index (χ2v) is 10.3. The Morgan fingerprint density at radius 2 is 1.82 bits per heavy atom. The van der Waals surface area contributed by atoms with Gasteiger partial charge in [0.15, 0.2) is 10.7 Å². The second kappa shape index (κ2) is 11.6. The fourth-order valence-electron chi connectivity index (χ4n) is 4.09. The monoisotopic (exact) mass is 591 g/mol. The van der Waals surface area contributed by atoms with Gasteiger partial charge in [0.05, 0.1) is 5.56 Å². The minimum absolute atomic E-state index is 0.0450. The number of carbonyl (C=O) groups is 1. The van der Waals surface area contributed by atoms with Gasteiger partial charge in [0.1, 0.15) is 22.8 Å². The van der Waals surface area contributed by atoms with Gasteiger partial charge in [-0.05, 0) is 97.4 Å². The van der Waals surface area contributed by atoms with Gasteiger partial charge >= 0.3 is 0 Å². The molecule has 0 aliphatic heterocycles. The largest absolute Gasteiger partial charge is 0.507 e. The third-order valence-corrected chi connectivity index (χ3v) is 6.70. The van der Waals surface area contributed by atoms with Gasteiger partial charge in [-0.1, -0.05) is 36.2 Å². The molecule has 0 saturated heterocycles. The average Bonchev–Trinajstić information content (AvgIpc) is 3.55. The molecule has 0 bridgehead atoms. The molecule has 5 aromatic rings. The molecular weight excluding hydrogens is 569 g/mol. The van der Waals surface area contributed by atoms with E-state index in [0.717, 1.165) is 17.5 Å². The van der Waals surface area contributed by atoms with Crippen LogP contribution in [-0.2, 0) is 11.2 Å². The first kappa shape index (κ1) is 27.5. The molecule has 5 rings (SSSR count). The number of hydrogen-bond acceptors (Lipinski definition) is 6. The average molecular weight is 593 g/mol. The van der Waals surface area contributed by atoms with Crippen molar-refractivity contribution in [1.29, 1.82) is 0 Å². The number of furan rings is 1. The Kier molecular flexibility index (Phi) is 7.93. The van der Waals surface area contributed by atoms with Gasteiger partial charge in [-0.15, -0.1) is 0 Å². The van der Waals surface area contributed by atoms with E-state index < -0.39 is 5.91 Å². The number of benzene rings is 3. The molecule has 0 unspecified atom stereocenters. The predicted molar refractivity (Wildman–Crippen MR) is 163 cm³/mol. The zero-order valence-corrected chi connectivity index (χ0v) is 23.7. The number of phenols is 1. The lowest BCUT2D eigenvalue weighted by atomic mass is 10.1. The van der Waals surface area contributed by atoms with E-state index >= 15 is 0 Å². The van der Waals surface area contributed by atoms with E-state index in [1.165, 1.54) is 12.2 Å². The first-order valence-electron chi connectivity index (χ1n) is 12.3. The summed E-state index contributed by atoms with van der Waals surface area (Å²) in [6.45, 7) is 3.82.